The molecule has 1 heterocycles. The zero-order valence-electron chi connectivity index (χ0n) is 11.3. The maximum atomic E-state index is 4.55. The van der Waals surface area contributed by atoms with Crippen LogP contribution in [0.4, 0.5) is 0 Å². The van der Waals surface area contributed by atoms with Gasteiger partial charge in [0.25, 0.3) is 0 Å². The Balaban J connectivity index is 2.33. The van der Waals surface area contributed by atoms with Crippen LogP contribution in [-0.4, -0.2) is 27.8 Å². The molecular weight excluding hydrogens is 230 g/mol. The van der Waals surface area contributed by atoms with Crippen LogP contribution >= 0.6 is 11.8 Å². The van der Waals surface area contributed by atoms with Gasteiger partial charge in [-0.25, -0.2) is 0 Å². The van der Waals surface area contributed by atoms with E-state index in [0.29, 0.717) is 0 Å². The lowest BCUT2D eigenvalue weighted by molar-refractivity contribution is 0.601. The number of aromatic nitrogens is 2. The van der Waals surface area contributed by atoms with Crippen LogP contribution in [-0.2, 0) is 13.1 Å². The zero-order valence-corrected chi connectivity index (χ0v) is 12.1. The predicted octanol–water partition coefficient (Wildman–Crippen LogP) is 2.83. The Morgan fingerprint density at radius 1 is 1.41 bits per heavy atom. The molecule has 0 saturated carbocycles. The lowest BCUT2D eigenvalue weighted by Crippen LogP contribution is -2.13. The zero-order chi connectivity index (χ0) is 12.5. The van der Waals surface area contributed by atoms with Crippen molar-refractivity contribution in [1.29, 1.82) is 0 Å². The van der Waals surface area contributed by atoms with Crippen molar-refractivity contribution in [3.63, 3.8) is 0 Å². The smallest absolute Gasteiger partial charge is 0.0638 e. The van der Waals surface area contributed by atoms with Gasteiger partial charge in [0.15, 0.2) is 0 Å². The molecule has 0 saturated heterocycles. The molecule has 4 heteroatoms. The third kappa shape index (κ3) is 5.59. The van der Waals surface area contributed by atoms with E-state index < -0.39 is 0 Å². The molecule has 1 N–H and O–H groups in total. The first kappa shape index (κ1) is 14.6. The van der Waals surface area contributed by atoms with Crippen LogP contribution < -0.4 is 5.32 Å². The Labute approximate surface area is 109 Å². The molecule has 0 unspecified atom stereocenters. The van der Waals surface area contributed by atoms with Gasteiger partial charge in [-0.2, -0.15) is 16.9 Å². The minimum atomic E-state index is 0.948. The van der Waals surface area contributed by atoms with Crippen LogP contribution in [0.1, 0.15) is 37.9 Å². The molecule has 98 valence electrons. The van der Waals surface area contributed by atoms with Gasteiger partial charge in [0.05, 0.1) is 5.69 Å². The molecule has 1 aromatic rings. The minimum Gasteiger partial charge on any atom is -0.313 e. The summed E-state index contributed by atoms with van der Waals surface area (Å²) in [6.45, 7) is 9.57. The highest BCUT2D eigenvalue weighted by molar-refractivity contribution is 7.99. The number of nitrogens with zero attached hydrogens (tertiary/aromatic N) is 2. The summed E-state index contributed by atoms with van der Waals surface area (Å²) in [5, 5.41) is 7.98. The molecule has 1 rings (SSSR count). The van der Waals surface area contributed by atoms with Crippen LogP contribution in [0.15, 0.2) is 6.20 Å². The molecule has 0 aromatic carbocycles. The van der Waals surface area contributed by atoms with E-state index in [9.17, 15) is 0 Å². The predicted molar refractivity (Wildman–Crippen MR) is 76.6 cm³/mol. The van der Waals surface area contributed by atoms with Crippen molar-refractivity contribution in [2.75, 3.05) is 18.1 Å². The molecule has 0 radical (unpaired) electrons. The van der Waals surface area contributed by atoms with Crippen LogP contribution in [0.5, 0.6) is 0 Å². The van der Waals surface area contributed by atoms with Gasteiger partial charge in [-0.15, -0.1) is 0 Å². The largest absolute Gasteiger partial charge is 0.313 e. The maximum Gasteiger partial charge on any atom is 0.0638 e. The molecule has 0 atom stereocenters. The van der Waals surface area contributed by atoms with Crippen LogP contribution in [0.2, 0.25) is 0 Å². The van der Waals surface area contributed by atoms with Crippen LogP contribution in [0.25, 0.3) is 0 Å². The summed E-state index contributed by atoms with van der Waals surface area (Å²) in [5.41, 5.74) is 2.50. The molecule has 17 heavy (non-hydrogen) atoms. The average molecular weight is 255 g/mol. The fourth-order valence-electron chi connectivity index (χ4n) is 1.72. The summed E-state index contributed by atoms with van der Waals surface area (Å²) in [7, 11) is 0. The molecule has 3 nitrogen and oxygen atoms in total. The van der Waals surface area contributed by atoms with Crippen molar-refractivity contribution in [3.05, 3.63) is 17.5 Å². The van der Waals surface area contributed by atoms with Crippen molar-refractivity contribution >= 4 is 11.8 Å². The number of rotatable bonds is 9. The van der Waals surface area contributed by atoms with E-state index in [1.807, 2.05) is 11.8 Å². The van der Waals surface area contributed by atoms with Crippen molar-refractivity contribution < 1.29 is 0 Å². The van der Waals surface area contributed by atoms with E-state index >= 15 is 0 Å². The second kappa shape index (κ2) is 8.59. The van der Waals surface area contributed by atoms with Crippen molar-refractivity contribution in [2.45, 2.75) is 46.7 Å². The average Bonchev–Trinajstić information content (AvgIpc) is 2.66. The summed E-state index contributed by atoms with van der Waals surface area (Å²) >= 11 is 2.00. The summed E-state index contributed by atoms with van der Waals surface area (Å²) in [6.07, 6.45) is 4.58. The van der Waals surface area contributed by atoms with Gasteiger partial charge in [0, 0.05) is 24.8 Å². The highest BCUT2D eigenvalue weighted by Gasteiger charge is 2.03. The molecule has 1 aromatic heterocycles. The Hall–Kier alpha value is -0.480. The van der Waals surface area contributed by atoms with E-state index in [4.69, 9.17) is 0 Å². The van der Waals surface area contributed by atoms with Gasteiger partial charge < -0.3 is 5.32 Å². The molecule has 0 aliphatic rings. The van der Waals surface area contributed by atoms with Gasteiger partial charge >= 0.3 is 0 Å². The first-order valence-corrected chi connectivity index (χ1v) is 7.74. The third-order valence-corrected chi connectivity index (χ3v) is 3.66. The second-order valence-corrected chi connectivity index (χ2v) is 5.62. The van der Waals surface area contributed by atoms with E-state index in [1.54, 1.807) is 0 Å². The minimum absolute atomic E-state index is 0.948. The van der Waals surface area contributed by atoms with Crippen molar-refractivity contribution in [1.82, 2.24) is 15.1 Å². The fraction of sp³-hybridized carbons (Fsp3) is 0.769. The van der Waals surface area contributed by atoms with Crippen LogP contribution in [0.3, 0.4) is 0 Å². The summed E-state index contributed by atoms with van der Waals surface area (Å²) in [5.74, 6) is 2.45. The monoisotopic (exact) mass is 255 g/mol. The van der Waals surface area contributed by atoms with E-state index in [2.05, 4.69) is 42.1 Å². The number of aryl methyl sites for hydroxylation is 2. The van der Waals surface area contributed by atoms with Crippen molar-refractivity contribution in [2.24, 2.45) is 0 Å². The molecule has 0 amide bonds. The Kier molecular flexibility index (Phi) is 7.37. The quantitative estimate of drug-likeness (QED) is 0.688. The maximum absolute atomic E-state index is 4.55. The Morgan fingerprint density at radius 3 is 2.94 bits per heavy atom. The summed E-state index contributed by atoms with van der Waals surface area (Å²) < 4.78 is 2.09. The van der Waals surface area contributed by atoms with E-state index in [-0.39, 0.29) is 0 Å². The molecular formula is C13H25N3S. The SMILES string of the molecule is CCCNCc1cn(CCCSCC)nc1C. The first-order valence-electron chi connectivity index (χ1n) is 6.59. The standard InChI is InChI=1S/C13H25N3S/c1-4-7-14-10-13-11-16(15-12(13)3)8-6-9-17-5-2/h11,14H,4-10H2,1-3H3. The van der Waals surface area contributed by atoms with Gasteiger partial charge in [-0.05, 0) is 37.8 Å². The Bertz CT molecular complexity index is 310. The number of hydrogen-bond donors (Lipinski definition) is 1. The molecule has 0 bridgehead atoms. The number of hydrogen-bond acceptors (Lipinski definition) is 3. The first-order chi connectivity index (χ1) is 8.27. The van der Waals surface area contributed by atoms with Gasteiger partial charge in [0.1, 0.15) is 0 Å². The second-order valence-electron chi connectivity index (χ2n) is 4.23. The summed E-state index contributed by atoms with van der Waals surface area (Å²) in [6, 6.07) is 0. The molecule has 0 spiro atoms. The third-order valence-electron chi connectivity index (χ3n) is 2.67. The fourth-order valence-corrected chi connectivity index (χ4v) is 2.34. The number of nitrogens with one attached hydrogen (secondary N) is 1. The lowest BCUT2D eigenvalue weighted by atomic mass is 10.2. The molecule has 0 fully saturated rings. The van der Waals surface area contributed by atoms with Gasteiger partial charge in [0.2, 0.25) is 0 Å². The van der Waals surface area contributed by atoms with E-state index in [1.165, 1.54) is 29.9 Å². The van der Waals surface area contributed by atoms with Crippen molar-refractivity contribution in [3.8, 4) is 0 Å². The van der Waals surface area contributed by atoms with Gasteiger partial charge in [-0.3, -0.25) is 4.68 Å². The topological polar surface area (TPSA) is 29.9 Å². The van der Waals surface area contributed by atoms with Gasteiger partial charge in [-0.1, -0.05) is 13.8 Å². The van der Waals surface area contributed by atoms with E-state index in [0.717, 1.165) is 25.3 Å². The normalized spacial score (nSPS) is 11.0. The highest BCUT2D eigenvalue weighted by atomic mass is 32.2. The number of thioether (sulfide) groups is 1. The molecule has 0 aliphatic carbocycles. The lowest BCUT2D eigenvalue weighted by Gasteiger charge is -2.01. The molecule has 0 aliphatic heterocycles. The highest BCUT2D eigenvalue weighted by Crippen LogP contribution is 2.07. The van der Waals surface area contributed by atoms with Crippen LogP contribution in [0, 0.1) is 6.92 Å². The Morgan fingerprint density at radius 2 is 2.24 bits per heavy atom. The summed E-state index contributed by atoms with van der Waals surface area (Å²) in [4.78, 5) is 0.